The summed E-state index contributed by atoms with van der Waals surface area (Å²) < 4.78 is -0.0334. The monoisotopic (exact) mass is 286 g/mol. The van der Waals surface area contributed by atoms with E-state index in [2.05, 4.69) is 68.3 Å². The van der Waals surface area contributed by atoms with E-state index in [1.165, 1.54) is 11.1 Å². The summed E-state index contributed by atoms with van der Waals surface area (Å²) in [5.41, 5.74) is 2.71. The minimum Gasteiger partial charge on any atom is -0.0677 e. The second kappa shape index (κ2) is 3.00. The molecule has 0 saturated carbocycles. The van der Waals surface area contributed by atoms with Gasteiger partial charge in [0.2, 0.25) is 0 Å². The zero-order valence-corrected chi connectivity index (χ0v) is 9.60. The van der Waals surface area contributed by atoms with Gasteiger partial charge in [-0.25, -0.2) is 0 Å². The highest BCUT2D eigenvalue weighted by Crippen LogP contribution is 2.37. The molecule has 0 aliphatic heterocycles. The number of fused-ring (bicyclic) bond motifs is 1. The summed E-state index contributed by atoms with van der Waals surface area (Å²) in [6, 6.07) is 8.45. The number of hydrogen-bond acceptors (Lipinski definition) is 0. The van der Waals surface area contributed by atoms with Crippen molar-refractivity contribution in [3.05, 3.63) is 41.5 Å². The standard InChI is InChI=1S/C10H8Br2/c11-10(12)6-5-8-3-1-2-4-9(8)7-10/h1-6H,7H2. The average molecular weight is 288 g/mol. The molecule has 1 aliphatic carbocycles. The summed E-state index contributed by atoms with van der Waals surface area (Å²) >= 11 is 7.18. The van der Waals surface area contributed by atoms with Gasteiger partial charge >= 0.3 is 0 Å². The molecule has 1 aromatic rings. The first-order chi connectivity index (χ1) is 5.67. The molecule has 0 spiro atoms. The normalized spacial score (nSPS) is 18.8. The third-order valence-corrected chi connectivity index (χ3v) is 3.08. The number of hydrogen-bond donors (Lipinski definition) is 0. The molecule has 0 radical (unpaired) electrons. The molecule has 0 fully saturated rings. The molecule has 0 N–H and O–H groups in total. The Morgan fingerprint density at radius 2 is 1.92 bits per heavy atom. The molecule has 1 aliphatic rings. The fourth-order valence-electron chi connectivity index (χ4n) is 1.38. The Hall–Kier alpha value is -0.0800. The van der Waals surface area contributed by atoms with Crippen LogP contribution in [0, 0.1) is 0 Å². The van der Waals surface area contributed by atoms with Crippen molar-refractivity contribution in [3.63, 3.8) is 0 Å². The molecule has 0 atom stereocenters. The maximum atomic E-state index is 3.59. The van der Waals surface area contributed by atoms with Crippen LogP contribution in [0.15, 0.2) is 30.3 Å². The molecule has 0 saturated heterocycles. The first-order valence-corrected chi connectivity index (χ1v) is 5.41. The summed E-state index contributed by atoms with van der Waals surface area (Å²) in [6.07, 6.45) is 5.28. The number of rotatable bonds is 0. The Balaban J connectivity index is 2.46. The summed E-state index contributed by atoms with van der Waals surface area (Å²) in [4.78, 5) is 0. The van der Waals surface area contributed by atoms with Crippen molar-refractivity contribution in [2.75, 3.05) is 0 Å². The molecule has 1 aromatic carbocycles. The zero-order valence-electron chi connectivity index (χ0n) is 6.43. The quantitative estimate of drug-likeness (QED) is 0.638. The van der Waals surface area contributed by atoms with Gasteiger partial charge in [0.1, 0.15) is 3.23 Å². The molecule has 0 heterocycles. The van der Waals surface area contributed by atoms with Gasteiger partial charge in [-0.15, -0.1) is 0 Å². The molecular weight excluding hydrogens is 280 g/mol. The second-order valence-electron chi connectivity index (χ2n) is 2.97. The zero-order chi connectivity index (χ0) is 8.60. The van der Waals surface area contributed by atoms with Crippen molar-refractivity contribution in [1.29, 1.82) is 0 Å². The summed E-state index contributed by atoms with van der Waals surface area (Å²) in [5, 5.41) is 0. The van der Waals surface area contributed by atoms with E-state index in [0.717, 1.165) is 6.42 Å². The SMILES string of the molecule is BrC1(Br)C=Cc2ccccc2C1. The van der Waals surface area contributed by atoms with E-state index in [4.69, 9.17) is 0 Å². The first-order valence-electron chi connectivity index (χ1n) is 3.82. The molecule has 0 amide bonds. The van der Waals surface area contributed by atoms with Gasteiger partial charge in [-0.05, 0) is 11.1 Å². The lowest BCUT2D eigenvalue weighted by molar-refractivity contribution is 0.978. The highest BCUT2D eigenvalue weighted by atomic mass is 79.9. The van der Waals surface area contributed by atoms with Crippen molar-refractivity contribution < 1.29 is 0 Å². The van der Waals surface area contributed by atoms with Crippen LogP contribution in [-0.2, 0) is 6.42 Å². The van der Waals surface area contributed by atoms with Crippen molar-refractivity contribution in [2.45, 2.75) is 9.65 Å². The van der Waals surface area contributed by atoms with Gasteiger partial charge in [-0.2, -0.15) is 0 Å². The van der Waals surface area contributed by atoms with Gasteiger partial charge in [0.05, 0.1) is 0 Å². The van der Waals surface area contributed by atoms with Gasteiger partial charge in [-0.1, -0.05) is 68.3 Å². The Labute approximate surface area is 88.9 Å². The van der Waals surface area contributed by atoms with Crippen molar-refractivity contribution in [2.24, 2.45) is 0 Å². The summed E-state index contributed by atoms with van der Waals surface area (Å²) in [7, 11) is 0. The molecule has 2 rings (SSSR count). The molecule has 2 heteroatoms. The maximum absolute atomic E-state index is 3.59. The van der Waals surface area contributed by atoms with Gasteiger partial charge in [0, 0.05) is 6.42 Å². The first kappa shape index (κ1) is 8.52. The molecule has 0 bridgehead atoms. The second-order valence-corrected chi connectivity index (χ2v) is 6.86. The number of benzene rings is 1. The maximum Gasteiger partial charge on any atom is 0.103 e. The van der Waals surface area contributed by atoms with Crippen LogP contribution in [-0.4, -0.2) is 3.23 Å². The molecule has 12 heavy (non-hydrogen) atoms. The van der Waals surface area contributed by atoms with Crippen LogP contribution in [0.1, 0.15) is 11.1 Å². The van der Waals surface area contributed by atoms with Crippen molar-refractivity contribution in [1.82, 2.24) is 0 Å². The van der Waals surface area contributed by atoms with Crippen LogP contribution in [0.2, 0.25) is 0 Å². The number of alkyl halides is 2. The third kappa shape index (κ3) is 1.64. The van der Waals surface area contributed by atoms with E-state index in [1.807, 2.05) is 0 Å². The van der Waals surface area contributed by atoms with Crippen molar-refractivity contribution in [3.8, 4) is 0 Å². The van der Waals surface area contributed by atoms with Crippen LogP contribution in [0.5, 0.6) is 0 Å². The fourth-order valence-corrected chi connectivity index (χ4v) is 2.25. The van der Waals surface area contributed by atoms with Crippen molar-refractivity contribution >= 4 is 37.9 Å². The van der Waals surface area contributed by atoms with Gasteiger partial charge < -0.3 is 0 Å². The minimum absolute atomic E-state index is 0.0334. The van der Waals surface area contributed by atoms with Crippen LogP contribution in [0.4, 0.5) is 0 Å². The fraction of sp³-hybridized carbons (Fsp3) is 0.200. The van der Waals surface area contributed by atoms with Crippen LogP contribution >= 0.6 is 31.9 Å². The Morgan fingerprint density at radius 1 is 1.17 bits per heavy atom. The van der Waals surface area contributed by atoms with Gasteiger partial charge in [0.15, 0.2) is 0 Å². The largest absolute Gasteiger partial charge is 0.103 e. The van der Waals surface area contributed by atoms with E-state index in [-0.39, 0.29) is 3.23 Å². The van der Waals surface area contributed by atoms with E-state index in [0.29, 0.717) is 0 Å². The lowest BCUT2D eigenvalue weighted by Crippen LogP contribution is -2.15. The third-order valence-electron chi connectivity index (χ3n) is 1.99. The molecular formula is C10H8Br2. The number of halogens is 2. The highest BCUT2D eigenvalue weighted by Gasteiger charge is 2.23. The summed E-state index contributed by atoms with van der Waals surface area (Å²) in [6.45, 7) is 0. The predicted molar refractivity (Wildman–Crippen MR) is 59.8 cm³/mol. The van der Waals surface area contributed by atoms with Gasteiger partial charge in [-0.3, -0.25) is 0 Å². The molecule has 0 unspecified atom stereocenters. The highest BCUT2D eigenvalue weighted by molar-refractivity contribution is 9.25. The number of allylic oxidation sites excluding steroid dienone is 1. The molecule has 0 aromatic heterocycles. The Morgan fingerprint density at radius 3 is 2.75 bits per heavy atom. The predicted octanol–water partition coefficient (Wildman–Crippen LogP) is 3.74. The van der Waals surface area contributed by atoms with Crippen LogP contribution in [0.3, 0.4) is 0 Å². The molecule has 0 nitrogen and oxygen atoms in total. The Kier molecular flexibility index (Phi) is 2.13. The van der Waals surface area contributed by atoms with Crippen LogP contribution < -0.4 is 0 Å². The van der Waals surface area contributed by atoms with E-state index < -0.39 is 0 Å². The topological polar surface area (TPSA) is 0 Å². The van der Waals surface area contributed by atoms with E-state index in [9.17, 15) is 0 Å². The average Bonchev–Trinajstić information content (AvgIpc) is 2.02. The van der Waals surface area contributed by atoms with E-state index >= 15 is 0 Å². The van der Waals surface area contributed by atoms with Gasteiger partial charge in [0.25, 0.3) is 0 Å². The summed E-state index contributed by atoms with van der Waals surface area (Å²) in [5.74, 6) is 0. The smallest absolute Gasteiger partial charge is 0.0677 e. The minimum atomic E-state index is -0.0334. The van der Waals surface area contributed by atoms with E-state index in [1.54, 1.807) is 0 Å². The Bertz CT molecular complexity index is 326. The van der Waals surface area contributed by atoms with Crippen LogP contribution in [0.25, 0.3) is 6.08 Å². The molecule has 62 valence electrons. The lowest BCUT2D eigenvalue weighted by Gasteiger charge is -2.21. The lowest BCUT2D eigenvalue weighted by atomic mass is 9.98.